The van der Waals surface area contributed by atoms with Gasteiger partial charge in [0.1, 0.15) is 6.10 Å². The van der Waals surface area contributed by atoms with Crippen LogP contribution in [-0.2, 0) is 22.8 Å². The number of aryl methyl sites for hydroxylation is 1. The van der Waals surface area contributed by atoms with Crippen molar-refractivity contribution >= 4 is 63.9 Å². The number of carbonyl (C=O) groups excluding carboxylic acids is 1. The first-order valence-corrected chi connectivity index (χ1v) is 33.1. The number of allylic oxidation sites excluding steroid dienone is 1. The molecule has 1 aliphatic rings. The highest BCUT2D eigenvalue weighted by Gasteiger charge is 2.54. The van der Waals surface area contributed by atoms with Crippen LogP contribution in [0.3, 0.4) is 0 Å². The van der Waals surface area contributed by atoms with Gasteiger partial charge in [0, 0.05) is 23.1 Å². The van der Waals surface area contributed by atoms with E-state index in [1.54, 1.807) is 11.3 Å². The fourth-order valence-electron chi connectivity index (χ4n) is 9.74. The van der Waals surface area contributed by atoms with Gasteiger partial charge in [-0.3, -0.25) is 4.79 Å². The van der Waals surface area contributed by atoms with Crippen LogP contribution in [0.2, 0.25) is 36.3 Å². The van der Waals surface area contributed by atoms with Crippen molar-refractivity contribution in [3.05, 3.63) is 125 Å². The largest absolute Gasteiger partial charge is 0.457 e. The van der Waals surface area contributed by atoms with E-state index in [2.05, 4.69) is 204 Å². The predicted octanol–water partition coefficient (Wildman–Crippen LogP) is 13.4. The molecule has 1 aromatic heterocycles. The van der Waals surface area contributed by atoms with E-state index in [4.69, 9.17) is 23.0 Å². The molecule has 0 spiro atoms. The van der Waals surface area contributed by atoms with Crippen molar-refractivity contribution in [2.75, 3.05) is 0 Å². The molecule has 6 atom stereocenters. The van der Waals surface area contributed by atoms with Crippen LogP contribution in [0.15, 0.2) is 114 Å². The van der Waals surface area contributed by atoms with Gasteiger partial charge in [0.2, 0.25) is 0 Å². The number of carbonyl (C=O) groups is 1. The van der Waals surface area contributed by atoms with Gasteiger partial charge in [0.05, 0.1) is 35.4 Å². The van der Waals surface area contributed by atoms with Crippen LogP contribution >= 0.6 is 11.3 Å². The second-order valence-electron chi connectivity index (χ2n) is 21.2. The zero-order chi connectivity index (χ0) is 48.3. The van der Waals surface area contributed by atoms with Crippen molar-refractivity contribution in [2.24, 2.45) is 17.3 Å². The minimum atomic E-state index is -3.33. The number of hydrogen-bond donors (Lipinski definition) is 0. The van der Waals surface area contributed by atoms with Gasteiger partial charge < -0.3 is 18.0 Å². The molecule has 0 fully saturated rings. The first kappa shape index (κ1) is 53.7. The second kappa shape index (κ2) is 23.4. The van der Waals surface area contributed by atoms with Crippen LogP contribution in [0.1, 0.15) is 119 Å². The molecule has 1 aliphatic heterocycles. The lowest BCUT2D eigenvalue weighted by molar-refractivity contribution is -0.153. The van der Waals surface area contributed by atoms with Gasteiger partial charge in [0.25, 0.3) is 8.32 Å². The molecule has 2 heterocycles. The van der Waals surface area contributed by atoms with E-state index in [-0.39, 0.29) is 35.4 Å². The number of cyclic esters (lactones) is 1. The molecule has 360 valence electrons. The van der Waals surface area contributed by atoms with Crippen LogP contribution in [0.5, 0.6) is 0 Å². The van der Waals surface area contributed by atoms with E-state index >= 15 is 0 Å². The summed E-state index contributed by atoms with van der Waals surface area (Å²) in [5.74, 6) is -0.116. The molecule has 0 radical (unpaired) electrons. The van der Waals surface area contributed by atoms with Gasteiger partial charge in [-0.15, -0.1) is 11.3 Å². The Bertz CT molecular complexity index is 2060. The van der Waals surface area contributed by atoms with Crippen molar-refractivity contribution in [3.63, 3.8) is 0 Å². The van der Waals surface area contributed by atoms with E-state index < -0.39 is 48.7 Å². The van der Waals surface area contributed by atoms with Crippen LogP contribution in [-0.4, -0.2) is 60.3 Å². The summed E-state index contributed by atoms with van der Waals surface area (Å²) in [7, 11) is -7.99. The monoisotopic (exact) mass is 966 g/mol. The van der Waals surface area contributed by atoms with Gasteiger partial charge in [0.15, 0.2) is 16.6 Å². The predicted molar refractivity (Wildman–Crippen MR) is 288 cm³/mol. The molecule has 66 heavy (non-hydrogen) atoms. The quantitative estimate of drug-likeness (QED) is 0.0543. The summed E-state index contributed by atoms with van der Waals surface area (Å²) in [4.78, 5) is 19.7. The van der Waals surface area contributed by atoms with Crippen molar-refractivity contribution in [2.45, 2.75) is 176 Å². The highest BCUT2D eigenvalue weighted by Crippen LogP contribution is 2.46. The molecule has 5 rings (SSSR count). The Morgan fingerprint density at radius 3 is 1.83 bits per heavy atom. The zero-order valence-electron chi connectivity index (χ0n) is 43.0. The number of thiazole rings is 1. The number of nitrogens with zero attached hydrogens (tertiary/aromatic N) is 1. The molecule has 0 N–H and O–H groups in total. The Kier molecular flexibility index (Phi) is 19.0. The molecule has 6 nitrogen and oxygen atoms in total. The summed E-state index contributed by atoms with van der Waals surface area (Å²) in [6.07, 6.45) is 8.75. The molecule has 10 heteroatoms. The molecule has 0 amide bonds. The Morgan fingerprint density at radius 1 is 0.833 bits per heavy atom. The first-order chi connectivity index (χ1) is 31.2. The third kappa shape index (κ3) is 12.9. The third-order valence-corrected chi connectivity index (χ3v) is 29.2. The molecule has 3 aromatic carbocycles. The number of esters is 1. The van der Waals surface area contributed by atoms with Crippen LogP contribution in [0, 0.1) is 24.2 Å². The smallest absolute Gasteiger partial charge is 0.309 e. The van der Waals surface area contributed by atoms with Gasteiger partial charge >= 0.3 is 5.97 Å². The molecular formula is C56H83NO5SSi3. The SMILES string of the molecule is CC[Si](CC)(CC)O[C@H]1CC(=O)OC(/C(C)=C\c2csc(C)n2)C/C=C\CCC[C@H](C)[C@H](O[Si](C)(C)C(C)(C)C)[C@@H](C)C(O[Si](c2ccccc2)(c2ccccc2)c2ccccc2)C1(C)C. The number of hydrogen-bond acceptors (Lipinski definition) is 7. The lowest BCUT2D eigenvalue weighted by Gasteiger charge is -2.52. The fourth-order valence-corrected chi connectivity index (χ4v) is 19.1. The average molecular weight is 967 g/mol. The lowest BCUT2D eigenvalue weighted by Crippen LogP contribution is -2.72. The summed E-state index contributed by atoms with van der Waals surface area (Å²) >= 11 is 1.63. The average Bonchev–Trinajstić information content (AvgIpc) is 3.71. The zero-order valence-corrected chi connectivity index (χ0v) is 46.8. The van der Waals surface area contributed by atoms with E-state index in [9.17, 15) is 4.79 Å². The van der Waals surface area contributed by atoms with Crippen molar-refractivity contribution < 1.29 is 22.8 Å². The standard InChI is InChI=1S/C56H83NO5SSi3/c1-15-65(16-2,17-3)60-51-40-52(58)59-50(43(5)39-46-41-63-45(7)57-46)38-30-19-18-23-31-42(4)53(61-64(13,14)55(8,9)10)44(6)54(56(51,11)12)62-66(47-32-24-20-25-33-47,48-34-26-21-27-35-48)49-36-28-22-29-37-49/h19-22,24-30,32-37,39,41-42,44,50-51,53-54H,15-18,23,31,38,40H2,1-14H3/b30-19-,43-39-/t42-,44+,50?,51-,53-,54?/m0/s1. The summed E-state index contributed by atoms with van der Waals surface area (Å²) < 4.78 is 30.6. The van der Waals surface area contributed by atoms with Gasteiger partial charge in [-0.05, 0) is 103 Å². The number of benzene rings is 3. The van der Waals surface area contributed by atoms with Crippen LogP contribution in [0.4, 0.5) is 0 Å². The third-order valence-electron chi connectivity index (χ3n) is 15.2. The Hall–Kier alpha value is -3.23. The maximum absolute atomic E-state index is 14.9. The van der Waals surface area contributed by atoms with E-state index in [0.29, 0.717) is 6.42 Å². The number of aromatic nitrogens is 1. The van der Waals surface area contributed by atoms with Crippen LogP contribution in [0.25, 0.3) is 6.08 Å². The highest BCUT2D eigenvalue weighted by molar-refractivity contribution is 7.09. The van der Waals surface area contributed by atoms with Gasteiger partial charge in [-0.1, -0.05) is 172 Å². The Balaban J connectivity index is 1.80. The normalized spacial score (nSPS) is 23.8. The van der Waals surface area contributed by atoms with Gasteiger partial charge in [-0.2, -0.15) is 0 Å². The maximum Gasteiger partial charge on any atom is 0.309 e. The first-order valence-electron chi connectivity index (χ1n) is 24.9. The Labute approximate surface area is 407 Å². The summed E-state index contributed by atoms with van der Waals surface area (Å²) in [5, 5.41) is 6.61. The summed E-state index contributed by atoms with van der Waals surface area (Å²) in [6, 6.07) is 35.6. The molecule has 4 aromatic rings. The molecule has 2 unspecified atom stereocenters. The Morgan fingerprint density at radius 2 is 1.36 bits per heavy atom. The maximum atomic E-state index is 14.9. The minimum absolute atomic E-state index is 0.00164. The number of ether oxygens (including phenoxy) is 1. The van der Waals surface area contributed by atoms with E-state index in [1.807, 2.05) is 6.92 Å². The fraction of sp³-hybridized carbons (Fsp3) is 0.536. The molecule has 0 aliphatic carbocycles. The van der Waals surface area contributed by atoms with Crippen LogP contribution < -0.4 is 15.6 Å². The molecular weight excluding hydrogens is 883 g/mol. The van der Waals surface area contributed by atoms with Gasteiger partial charge in [-0.25, -0.2) is 4.98 Å². The summed E-state index contributed by atoms with van der Waals surface area (Å²) in [6.45, 7) is 32.1. The number of rotatable bonds is 14. The lowest BCUT2D eigenvalue weighted by atomic mass is 9.71. The summed E-state index contributed by atoms with van der Waals surface area (Å²) in [5.41, 5.74) is 1.17. The van der Waals surface area contributed by atoms with Crippen molar-refractivity contribution in [1.29, 1.82) is 0 Å². The van der Waals surface area contributed by atoms with Crippen molar-refractivity contribution in [1.82, 2.24) is 4.98 Å². The molecule has 0 saturated carbocycles. The second-order valence-corrected chi connectivity index (χ2v) is 35.0. The molecule has 0 saturated heterocycles. The minimum Gasteiger partial charge on any atom is -0.457 e. The highest BCUT2D eigenvalue weighted by atomic mass is 32.1. The van der Waals surface area contributed by atoms with E-state index in [0.717, 1.165) is 53.7 Å². The molecule has 0 bridgehead atoms. The topological polar surface area (TPSA) is 66.9 Å². The van der Waals surface area contributed by atoms with E-state index in [1.165, 1.54) is 15.6 Å². The van der Waals surface area contributed by atoms with Crippen molar-refractivity contribution in [3.8, 4) is 0 Å².